The van der Waals surface area contributed by atoms with Crippen LogP contribution in [0.15, 0.2) is 94.7 Å². The molecule has 0 radical (unpaired) electrons. The van der Waals surface area contributed by atoms with Crippen LogP contribution in [-0.2, 0) is 11.2 Å². The van der Waals surface area contributed by atoms with E-state index in [0.717, 1.165) is 23.9 Å². The largest absolute Gasteiger partial charge is 0.490 e. The molecule has 0 aliphatic carbocycles. The summed E-state index contributed by atoms with van der Waals surface area (Å²) in [6.45, 7) is 6.89. The Bertz CT molecular complexity index is 1870. The molecule has 3 amide bonds. The van der Waals surface area contributed by atoms with Crippen LogP contribution in [0.5, 0.6) is 5.75 Å². The van der Waals surface area contributed by atoms with Crippen LogP contribution in [-0.4, -0.2) is 93.5 Å². The van der Waals surface area contributed by atoms with Crippen LogP contribution in [0.3, 0.4) is 0 Å². The maximum absolute atomic E-state index is 14.0. The van der Waals surface area contributed by atoms with Crippen molar-refractivity contribution >= 4 is 46.0 Å². The Hall–Kier alpha value is -5.13. The first-order chi connectivity index (χ1) is 23.6. The number of benzene rings is 3. The molecule has 0 bridgehead atoms. The molecule has 1 atom stereocenters. The van der Waals surface area contributed by atoms with Gasteiger partial charge in [-0.15, -0.1) is 0 Å². The summed E-state index contributed by atoms with van der Waals surface area (Å²) in [5.41, 5.74) is 1.97. The highest BCUT2D eigenvalue weighted by Gasteiger charge is 2.31. The monoisotopic (exact) mass is 685 g/mol. The van der Waals surface area contributed by atoms with E-state index < -0.39 is 17.4 Å². The fourth-order valence-corrected chi connectivity index (χ4v) is 5.72. The number of piperazine rings is 1. The number of hydrogen-bond donors (Lipinski definition) is 2. The van der Waals surface area contributed by atoms with Crippen LogP contribution in [0, 0.1) is 0 Å². The van der Waals surface area contributed by atoms with Gasteiger partial charge >= 0.3 is 0 Å². The number of ether oxygens (including phenoxy) is 1. The summed E-state index contributed by atoms with van der Waals surface area (Å²) in [6, 6.07) is 19.4. The molecule has 0 unspecified atom stereocenters. The lowest BCUT2D eigenvalue weighted by Crippen LogP contribution is -2.55. The Labute approximate surface area is 290 Å². The number of para-hydroxylation sites is 1. The van der Waals surface area contributed by atoms with E-state index in [9.17, 15) is 19.2 Å². The fraction of sp³-hybridized carbons (Fsp3) is 0.297. The number of nitrogens with zero attached hydrogens (tertiary/aromatic N) is 3. The highest BCUT2D eigenvalue weighted by Crippen LogP contribution is 2.23. The van der Waals surface area contributed by atoms with Gasteiger partial charge in [0.05, 0.1) is 10.9 Å². The van der Waals surface area contributed by atoms with Gasteiger partial charge in [-0.05, 0) is 62.1 Å². The van der Waals surface area contributed by atoms with E-state index in [1.807, 2.05) is 37.2 Å². The van der Waals surface area contributed by atoms with Crippen LogP contribution in [0.4, 0.5) is 5.69 Å². The number of halogens is 1. The highest BCUT2D eigenvalue weighted by molar-refractivity contribution is 6.30. The van der Waals surface area contributed by atoms with Crippen LogP contribution < -0.4 is 25.7 Å². The topological polar surface area (TPSA) is 124 Å². The lowest BCUT2D eigenvalue weighted by molar-refractivity contribution is -0.133. The molecule has 11 nitrogen and oxygen atoms in total. The maximum atomic E-state index is 14.0. The quantitative estimate of drug-likeness (QED) is 0.203. The summed E-state index contributed by atoms with van der Waals surface area (Å²) in [7, 11) is 3.90. The van der Waals surface area contributed by atoms with Gasteiger partial charge in [0.2, 0.25) is 5.91 Å². The van der Waals surface area contributed by atoms with Crippen molar-refractivity contribution in [2.75, 3.05) is 64.9 Å². The van der Waals surface area contributed by atoms with E-state index in [2.05, 4.69) is 22.1 Å². The summed E-state index contributed by atoms with van der Waals surface area (Å²) < 4.78 is 11.3. The molecule has 1 aliphatic rings. The van der Waals surface area contributed by atoms with Crippen molar-refractivity contribution in [3.63, 3.8) is 0 Å². The maximum Gasteiger partial charge on any atom is 0.287 e. The van der Waals surface area contributed by atoms with Gasteiger partial charge < -0.3 is 34.5 Å². The number of amides is 3. The molecule has 1 fully saturated rings. The molecule has 5 rings (SSSR count). The summed E-state index contributed by atoms with van der Waals surface area (Å²) in [4.78, 5) is 59.3. The van der Waals surface area contributed by atoms with Crippen LogP contribution >= 0.6 is 11.6 Å². The lowest BCUT2D eigenvalue weighted by Gasteiger charge is -2.38. The summed E-state index contributed by atoms with van der Waals surface area (Å²) in [5, 5.41) is 6.61. The van der Waals surface area contributed by atoms with E-state index in [1.54, 1.807) is 59.5 Å². The second-order valence-corrected chi connectivity index (χ2v) is 12.4. The number of fused-ring (bicyclic) bond motifs is 1. The normalized spacial score (nSPS) is 13.6. The average Bonchev–Trinajstić information content (AvgIpc) is 3.11. The van der Waals surface area contributed by atoms with E-state index in [-0.39, 0.29) is 41.6 Å². The molecule has 0 spiro atoms. The number of nitrogens with one attached hydrogen (secondary N) is 2. The van der Waals surface area contributed by atoms with Gasteiger partial charge in [0.1, 0.15) is 24.0 Å². The van der Waals surface area contributed by atoms with Crippen LogP contribution in [0.1, 0.15) is 26.5 Å². The van der Waals surface area contributed by atoms with Gasteiger partial charge in [0, 0.05) is 62.5 Å². The summed E-state index contributed by atoms with van der Waals surface area (Å²) in [6.07, 6.45) is 1.79. The summed E-state index contributed by atoms with van der Waals surface area (Å²) >= 11 is 6.10. The number of likely N-dealkylation sites (N-methyl/N-ethyl adjacent to an activating group) is 1. The van der Waals surface area contributed by atoms with E-state index in [0.29, 0.717) is 49.1 Å². The highest BCUT2D eigenvalue weighted by atomic mass is 35.5. The Morgan fingerprint density at radius 2 is 1.73 bits per heavy atom. The van der Waals surface area contributed by atoms with Gasteiger partial charge in [-0.3, -0.25) is 19.2 Å². The number of hydrogen-bond acceptors (Lipinski definition) is 8. The Morgan fingerprint density at radius 1 is 1.00 bits per heavy atom. The first-order valence-corrected chi connectivity index (χ1v) is 16.4. The minimum Gasteiger partial charge on any atom is -0.490 e. The summed E-state index contributed by atoms with van der Waals surface area (Å²) in [5.74, 6) is -0.853. The molecule has 2 N–H and O–H groups in total. The Morgan fingerprint density at radius 3 is 2.45 bits per heavy atom. The third kappa shape index (κ3) is 9.07. The van der Waals surface area contributed by atoms with E-state index >= 15 is 0 Å². The van der Waals surface area contributed by atoms with E-state index in [4.69, 9.17) is 20.8 Å². The predicted molar refractivity (Wildman–Crippen MR) is 191 cm³/mol. The van der Waals surface area contributed by atoms with Gasteiger partial charge in [-0.2, -0.15) is 0 Å². The second kappa shape index (κ2) is 16.3. The van der Waals surface area contributed by atoms with Gasteiger partial charge in [0.15, 0.2) is 11.2 Å². The number of carbonyl (C=O) groups is 3. The van der Waals surface area contributed by atoms with Crippen LogP contribution in [0.2, 0.25) is 5.02 Å². The smallest absolute Gasteiger partial charge is 0.287 e. The molecular weight excluding hydrogens is 646 g/mol. The Kier molecular flexibility index (Phi) is 11.7. The average molecular weight is 686 g/mol. The third-order valence-corrected chi connectivity index (χ3v) is 8.42. The third-order valence-electron chi connectivity index (χ3n) is 8.17. The number of rotatable bonds is 13. The minimum absolute atomic E-state index is 0.150. The zero-order chi connectivity index (χ0) is 34.9. The molecule has 2 heterocycles. The molecule has 3 aromatic carbocycles. The molecule has 1 saturated heterocycles. The van der Waals surface area contributed by atoms with Crippen molar-refractivity contribution in [3.8, 4) is 5.75 Å². The molecule has 256 valence electrons. The van der Waals surface area contributed by atoms with Gasteiger partial charge in [-0.1, -0.05) is 48.5 Å². The van der Waals surface area contributed by atoms with Crippen molar-refractivity contribution in [3.05, 3.63) is 118 Å². The molecular formula is C37H40ClN5O6. The molecule has 0 saturated carbocycles. The first-order valence-electron chi connectivity index (χ1n) is 16.1. The van der Waals surface area contributed by atoms with Crippen molar-refractivity contribution in [2.45, 2.75) is 12.5 Å². The lowest BCUT2D eigenvalue weighted by atomic mass is 10.0. The SMILES string of the molecule is C=CCOc1ccc2oc(C(=O)N[C@H](Cc3ccc(Cl)cc3)C(=O)N3CCN(c4ccccc4C(=O)NCCN(C)C)CC3)cc(=O)c2c1. The van der Waals surface area contributed by atoms with Crippen molar-refractivity contribution in [1.82, 2.24) is 20.4 Å². The molecule has 49 heavy (non-hydrogen) atoms. The molecule has 12 heteroatoms. The standard InChI is InChI=1S/C37H40ClN5O6/c1-4-21-48-27-13-14-33-29(23-27)32(44)24-34(49-33)36(46)40-30(22-25-9-11-26(38)12-10-25)37(47)43-19-17-42(18-20-43)31-8-6-5-7-28(31)35(45)39-15-16-41(2)3/h4-14,23-24,30H,1,15-22H2,2-3H3,(H,39,45)(H,40,46)/t30-/m1/s1. The molecule has 1 aromatic heterocycles. The van der Waals surface area contributed by atoms with Crippen LogP contribution in [0.25, 0.3) is 11.0 Å². The van der Waals surface area contributed by atoms with Gasteiger partial charge in [-0.25, -0.2) is 0 Å². The predicted octanol–water partition coefficient (Wildman–Crippen LogP) is 3.99. The first kappa shape index (κ1) is 35.2. The fourth-order valence-electron chi connectivity index (χ4n) is 5.60. The molecule has 1 aliphatic heterocycles. The van der Waals surface area contributed by atoms with Crippen molar-refractivity contribution in [2.24, 2.45) is 0 Å². The minimum atomic E-state index is -0.953. The molecule has 4 aromatic rings. The number of anilines is 1. The van der Waals surface area contributed by atoms with E-state index in [1.165, 1.54) is 0 Å². The Balaban J connectivity index is 1.31. The number of carbonyl (C=O) groups excluding carboxylic acids is 3. The van der Waals surface area contributed by atoms with Crippen molar-refractivity contribution < 1.29 is 23.5 Å². The zero-order valence-corrected chi connectivity index (χ0v) is 28.4. The van der Waals surface area contributed by atoms with Crippen molar-refractivity contribution in [1.29, 1.82) is 0 Å². The second-order valence-electron chi connectivity index (χ2n) is 12.0. The van der Waals surface area contributed by atoms with Gasteiger partial charge in [0.25, 0.3) is 11.8 Å². The zero-order valence-electron chi connectivity index (χ0n) is 27.6.